The fourth-order valence-electron chi connectivity index (χ4n) is 2.73. The fraction of sp³-hybridized carbons (Fsp3) is 1.00. The Bertz CT molecular complexity index is 195. The van der Waals surface area contributed by atoms with Gasteiger partial charge in [0.05, 0.1) is 5.60 Å². The van der Waals surface area contributed by atoms with Gasteiger partial charge in [-0.15, -0.1) is 0 Å². The molecule has 2 fully saturated rings. The van der Waals surface area contributed by atoms with Crippen molar-refractivity contribution in [3.63, 3.8) is 0 Å². The highest BCUT2D eigenvalue weighted by atomic mass is 16.5. The Hall–Kier alpha value is -0.0800. The lowest BCUT2D eigenvalue weighted by atomic mass is 10.0. The van der Waals surface area contributed by atoms with Gasteiger partial charge in [-0.25, -0.2) is 0 Å². The van der Waals surface area contributed by atoms with E-state index in [-0.39, 0.29) is 5.60 Å². The van der Waals surface area contributed by atoms with Gasteiger partial charge in [0.25, 0.3) is 0 Å². The molecule has 94 valence electrons. The van der Waals surface area contributed by atoms with Crippen molar-refractivity contribution in [1.82, 2.24) is 5.32 Å². The second-order valence-electron chi connectivity index (χ2n) is 5.65. The lowest BCUT2D eigenvalue weighted by molar-refractivity contribution is -0.0415. The molecule has 2 aliphatic carbocycles. The first kappa shape index (κ1) is 12.4. The molecular weight excluding hydrogens is 198 g/mol. The van der Waals surface area contributed by atoms with Crippen LogP contribution in [0.5, 0.6) is 0 Å². The molecule has 2 saturated carbocycles. The van der Waals surface area contributed by atoms with E-state index in [1.807, 2.05) is 0 Å². The predicted octanol–water partition coefficient (Wildman–Crippen LogP) is 3.12. The van der Waals surface area contributed by atoms with Crippen molar-refractivity contribution in [3.8, 4) is 0 Å². The van der Waals surface area contributed by atoms with Crippen LogP contribution in [0.25, 0.3) is 0 Å². The van der Waals surface area contributed by atoms with Gasteiger partial charge in [-0.05, 0) is 38.1 Å². The number of rotatable bonds is 8. The molecule has 1 N–H and O–H groups in total. The summed E-state index contributed by atoms with van der Waals surface area (Å²) in [4.78, 5) is 0. The summed E-state index contributed by atoms with van der Waals surface area (Å²) >= 11 is 0. The third-order valence-corrected chi connectivity index (χ3v) is 4.02. The van der Waals surface area contributed by atoms with E-state index in [1.54, 1.807) is 0 Å². The van der Waals surface area contributed by atoms with E-state index < -0.39 is 0 Å². The summed E-state index contributed by atoms with van der Waals surface area (Å²) in [6, 6.07) is 0. The zero-order valence-corrected chi connectivity index (χ0v) is 10.8. The molecule has 0 atom stereocenters. The molecule has 0 spiro atoms. The molecule has 0 aromatic carbocycles. The van der Waals surface area contributed by atoms with Gasteiger partial charge >= 0.3 is 0 Å². The van der Waals surface area contributed by atoms with Crippen molar-refractivity contribution < 1.29 is 4.74 Å². The molecule has 2 nitrogen and oxygen atoms in total. The van der Waals surface area contributed by atoms with Gasteiger partial charge in [-0.3, -0.25) is 0 Å². The zero-order chi connectivity index (χ0) is 11.3. The highest BCUT2D eigenvalue weighted by Crippen LogP contribution is 2.36. The lowest BCUT2D eigenvalue weighted by Gasteiger charge is -2.30. The number of hydrogen-bond donors (Lipinski definition) is 1. The topological polar surface area (TPSA) is 21.3 Å². The quantitative estimate of drug-likeness (QED) is 0.641. The highest BCUT2D eigenvalue weighted by molar-refractivity contribution is 4.89. The molecule has 2 heteroatoms. The minimum atomic E-state index is 0.198. The average Bonchev–Trinajstić information content (AvgIpc) is 2.99. The third-order valence-electron chi connectivity index (χ3n) is 4.02. The Morgan fingerprint density at radius 2 is 2.00 bits per heavy atom. The van der Waals surface area contributed by atoms with E-state index in [1.165, 1.54) is 51.4 Å². The summed E-state index contributed by atoms with van der Waals surface area (Å²) in [7, 11) is 0. The van der Waals surface area contributed by atoms with Gasteiger partial charge in [0.2, 0.25) is 0 Å². The Kier molecular flexibility index (Phi) is 4.66. The van der Waals surface area contributed by atoms with Crippen molar-refractivity contribution in [2.75, 3.05) is 19.7 Å². The van der Waals surface area contributed by atoms with E-state index >= 15 is 0 Å². The van der Waals surface area contributed by atoms with Crippen LogP contribution in [0, 0.1) is 5.92 Å². The lowest BCUT2D eigenvalue weighted by Crippen LogP contribution is -2.41. The van der Waals surface area contributed by atoms with Crippen molar-refractivity contribution in [3.05, 3.63) is 0 Å². The SMILES string of the molecule is CCCNCC1(OCCC2CC2)CCCC1. The van der Waals surface area contributed by atoms with Gasteiger partial charge in [-0.2, -0.15) is 0 Å². The molecule has 2 rings (SSSR count). The van der Waals surface area contributed by atoms with E-state index in [2.05, 4.69) is 12.2 Å². The van der Waals surface area contributed by atoms with Crippen LogP contribution in [0.3, 0.4) is 0 Å². The molecular formula is C14H27NO. The van der Waals surface area contributed by atoms with Crippen LogP contribution < -0.4 is 5.32 Å². The van der Waals surface area contributed by atoms with E-state index in [4.69, 9.17) is 4.74 Å². The molecule has 0 heterocycles. The summed E-state index contributed by atoms with van der Waals surface area (Å²) in [6.45, 7) is 5.43. The van der Waals surface area contributed by atoms with Crippen LogP contribution in [0.2, 0.25) is 0 Å². The van der Waals surface area contributed by atoms with Crippen LogP contribution in [-0.4, -0.2) is 25.3 Å². The first-order valence-electron chi connectivity index (χ1n) is 7.19. The number of nitrogens with one attached hydrogen (secondary N) is 1. The first-order chi connectivity index (χ1) is 7.85. The van der Waals surface area contributed by atoms with Gasteiger partial charge in [0, 0.05) is 13.2 Å². The summed E-state index contributed by atoms with van der Waals surface area (Å²) in [5, 5.41) is 3.55. The van der Waals surface area contributed by atoms with Crippen molar-refractivity contribution in [1.29, 1.82) is 0 Å². The van der Waals surface area contributed by atoms with Crippen molar-refractivity contribution >= 4 is 0 Å². The van der Waals surface area contributed by atoms with Crippen LogP contribution in [0.15, 0.2) is 0 Å². The Morgan fingerprint density at radius 3 is 2.62 bits per heavy atom. The smallest absolute Gasteiger partial charge is 0.0806 e. The van der Waals surface area contributed by atoms with Gasteiger partial charge in [-0.1, -0.05) is 32.6 Å². The van der Waals surface area contributed by atoms with Crippen molar-refractivity contribution in [2.45, 2.75) is 63.9 Å². The largest absolute Gasteiger partial charge is 0.374 e. The maximum atomic E-state index is 6.23. The Balaban J connectivity index is 1.68. The van der Waals surface area contributed by atoms with Crippen LogP contribution >= 0.6 is 0 Å². The molecule has 0 aliphatic heterocycles. The fourth-order valence-corrected chi connectivity index (χ4v) is 2.73. The van der Waals surface area contributed by atoms with E-state index in [9.17, 15) is 0 Å². The molecule has 2 aliphatic rings. The maximum absolute atomic E-state index is 6.23. The second kappa shape index (κ2) is 6.02. The number of ether oxygens (including phenoxy) is 1. The Labute approximate surface area is 100 Å². The van der Waals surface area contributed by atoms with Crippen LogP contribution in [-0.2, 0) is 4.74 Å². The van der Waals surface area contributed by atoms with Crippen LogP contribution in [0.1, 0.15) is 58.3 Å². The summed E-state index contributed by atoms with van der Waals surface area (Å²) < 4.78 is 6.23. The molecule has 0 aromatic heterocycles. The Morgan fingerprint density at radius 1 is 1.25 bits per heavy atom. The normalized spacial score (nSPS) is 23.8. The minimum absolute atomic E-state index is 0.198. The second-order valence-corrected chi connectivity index (χ2v) is 5.65. The van der Waals surface area contributed by atoms with Crippen molar-refractivity contribution in [2.24, 2.45) is 5.92 Å². The number of hydrogen-bond acceptors (Lipinski definition) is 2. The molecule has 0 amide bonds. The standard InChI is InChI=1S/C14H27NO/c1-2-10-15-12-14(8-3-4-9-14)16-11-7-13-5-6-13/h13,15H,2-12H2,1H3. The minimum Gasteiger partial charge on any atom is -0.374 e. The van der Waals surface area contributed by atoms with Gasteiger partial charge in [0.1, 0.15) is 0 Å². The first-order valence-corrected chi connectivity index (χ1v) is 7.19. The van der Waals surface area contributed by atoms with Gasteiger partial charge < -0.3 is 10.1 Å². The molecule has 0 radical (unpaired) electrons. The maximum Gasteiger partial charge on any atom is 0.0806 e. The van der Waals surface area contributed by atoms with E-state index in [0.717, 1.165) is 25.6 Å². The zero-order valence-electron chi connectivity index (χ0n) is 10.8. The molecule has 16 heavy (non-hydrogen) atoms. The molecule has 0 aromatic rings. The summed E-state index contributed by atoms with van der Waals surface area (Å²) in [6.07, 6.45) is 10.7. The van der Waals surface area contributed by atoms with Crippen LogP contribution in [0.4, 0.5) is 0 Å². The predicted molar refractivity (Wildman–Crippen MR) is 67.7 cm³/mol. The molecule has 0 bridgehead atoms. The monoisotopic (exact) mass is 225 g/mol. The average molecular weight is 225 g/mol. The summed E-state index contributed by atoms with van der Waals surface area (Å²) in [5.74, 6) is 1.00. The van der Waals surface area contributed by atoms with E-state index in [0.29, 0.717) is 0 Å². The molecule has 0 unspecified atom stereocenters. The molecule has 0 saturated heterocycles. The summed E-state index contributed by atoms with van der Waals surface area (Å²) in [5.41, 5.74) is 0.198. The highest BCUT2D eigenvalue weighted by Gasteiger charge is 2.34. The van der Waals surface area contributed by atoms with Gasteiger partial charge in [0.15, 0.2) is 0 Å². The third kappa shape index (κ3) is 3.74.